The van der Waals surface area contributed by atoms with Gasteiger partial charge in [0, 0.05) is 17.1 Å². The number of nitrogens with two attached hydrogens (primary N) is 2. The smallest absolute Gasteiger partial charge is 0.316 e. The number of hydrogen-bond donors (Lipinski definition) is 2. The van der Waals surface area contributed by atoms with Crippen LogP contribution in [0.3, 0.4) is 0 Å². The Morgan fingerprint density at radius 2 is 1.68 bits per heavy atom. The number of nitrogens with zero attached hydrogens (tertiary/aromatic N) is 2. The number of nitrogen functional groups attached to an aromatic ring is 1. The molecule has 6 nitrogen and oxygen atoms in total. The molecule has 0 saturated carbocycles. The van der Waals surface area contributed by atoms with Gasteiger partial charge in [0.05, 0.1) is 11.9 Å². The molecule has 4 N–H and O–H groups in total. The van der Waals surface area contributed by atoms with Gasteiger partial charge in [-0.15, -0.1) is 0 Å². The molecule has 0 saturated heterocycles. The molecule has 156 valence electrons. The molecule has 0 spiro atoms. The van der Waals surface area contributed by atoms with E-state index in [-0.39, 0.29) is 23.8 Å². The zero-order valence-electron chi connectivity index (χ0n) is 16.3. The summed E-state index contributed by atoms with van der Waals surface area (Å²) in [5, 5.41) is 4.62. The Kier molecular flexibility index (Phi) is 5.70. The highest BCUT2D eigenvalue weighted by Gasteiger charge is 2.14. The molecular formula is C23H18ClFN4O2. The summed E-state index contributed by atoms with van der Waals surface area (Å²) in [7, 11) is 0. The zero-order chi connectivity index (χ0) is 22.0. The van der Waals surface area contributed by atoms with E-state index in [1.807, 2.05) is 0 Å². The molecular weight excluding hydrogens is 419 g/mol. The van der Waals surface area contributed by atoms with E-state index in [0.29, 0.717) is 22.0 Å². The Bertz CT molecular complexity index is 1290. The number of hydrogen-bond acceptors (Lipinski definition) is 5. The monoisotopic (exact) mass is 436 g/mol. The van der Waals surface area contributed by atoms with E-state index in [2.05, 4.69) is 5.10 Å². The maximum atomic E-state index is 13.7. The third-order valence-electron chi connectivity index (χ3n) is 4.71. The maximum absolute atomic E-state index is 13.7. The SMILES string of the molecule is NCc1cc(-c2ccc(Oc3c(N)cnn(-c4ccc(Cl)cc4)c3=O)cc2)ccc1F. The lowest BCUT2D eigenvalue weighted by Crippen LogP contribution is -2.23. The lowest BCUT2D eigenvalue weighted by Gasteiger charge is -2.11. The summed E-state index contributed by atoms with van der Waals surface area (Å²) in [5.41, 5.74) is 13.8. The fourth-order valence-corrected chi connectivity index (χ4v) is 3.19. The molecule has 0 unspecified atom stereocenters. The third-order valence-corrected chi connectivity index (χ3v) is 4.96. The topological polar surface area (TPSA) is 96.2 Å². The number of aromatic nitrogens is 2. The molecule has 0 atom stereocenters. The van der Waals surface area contributed by atoms with Crippen LogP contribution in [-0.4, -0.2) is 9.78 Å². The fraction of sp³-hybridized carbons (Fsp3) is 0.0435. The van der Waals surface area contributed by atoms with Crippen LogP contribution in [-0.2, 0) is 6.54 Å². The number of halogens is 2. The van der Waals surface area contributed by atoms with Crippen molar-refractivity contribution < 1.29 is 9.13 Å². The van der Waals surface area contributed by atoms with Crippen LogP contribution in [0, 0.1) is 5.82 Å². The minimum Gasteiger partial charge on any atom is -0.449 e. The summed E-state index contributed by atoms with van der Waals surface area (Å²) in [5.74, 6) is 0.0452. The van der Waals surface area contributed by atoms with Gasteiger partial charge >= 0.3 is 5.56 Å². The van der Waals surface area contributed by atoms with Crippen LogP contribution < -0.4 is 21.8 Å². The van der Waals surface area contributed by atoms with E-state index in [0.717, 1.165) is 11.1 Å². The Labute approximate surface area is 182 Å². The predicted octanol–water partition coefficient (Wildman–Crippen LogP) is 4.53. The van der Waals surface area contributed by atoms with Crippen LogP contribution >= 0.6 is 11.6 Å². The molecule has 3 aromatic carbocycles. The molecule has 1 aromatic heterocycles. The van der Waals surface area contributed by atoms with Crippen molar-refractivity contribution in [3.63, 3.8) is 0 Å². The largest absolute Gasteiger partial charge is 0.449 e. The second-order valence-electron chi connectivity index (χ2n) is 6.76. The van der Waals surface area contributed by atoms with Gasteiger partial charge in [0.25, 0.3) is 0 Å². The number of anilines is 1. The van der Waals surface area contributed by atoms with Gasteiger partial charge in [-0.3, -0.25) is 4.79 Å². The summed E-state index contributed by atoms with van der Waals surface area (Å²) >= 11 is 5.91. The molecule has 8 heteroatoms. The van der Waals surface area contributed by atoms with Gasteiger partial charge in [0.15, 0.2) is 0 Å². The molecule has 0 aliphatic rings. The quantitative estimate of drug-likeness (QED) is 0.479. The molecule has 4 aromatic rings. The molecule has 31 heavy (non-hydrogen) atoms. The van der Waals surface area contributed by atoms with Crippen LogP contribution in [0.4, 0.5) is 10.1 Å². The van der Waals surface area contributed by atoms with Crippen molar-refractivity contribution in [1.29, 1.82) is 0 Å². The Morgan fingerprint density at radius 1 is 1.00 bits per heavy atom. The second kappa shape index (κ2) is 8.59. The molecule has 4 rings (SSSR count). The van der Waals surface area contributed by atoms with Crippen LogP contribution in [0.1, 0.15) is 5.56 Å². The van der Waals surface area contributed by atoms with Crippen LogP contribution in [0.2, 0.25) is 5.02 Å². The van der Waals surface area contributed by atoms with Crippen LogP contribution in [0.15, 0.2) is 77.7 Å². The van der Waals surface area contributed by atoms with Gasteiger partial charge in [-0.2, -0.15) is 9.78 Å². The lowest BCUT2D eigenvalue weighted by molar-refractivity contribution is 0.470. The van der Waals surface area contributed by atoms with Gasteiger partial charge in [0.1, 0.15) is 17.3 Å². The van der Waals surface area contributed by atoms with Crippen molar-refractivity contribution in [1.82, 2.24) is 9.78 Å². The first-order chi connectivity index (χ1) is 15.0. The Hall–Kier alpha value is -3.68. The molecule has 0 radical (unpaired) electrons. The molecule has 1 heterocycles. The highest BCUT2D eigenvalue weighted by atomic mass is 35.5. The summed E-state index contributed by atoms with van der Waals surface area (Å²) < 4.78 is 20.6. The fourth-order valence-electron chi connectivity index (χ4n) is 3.06. The van der Waals surface area contributed by atoms with E-state index in [4.69, 9.17) is 27.8 Å². The van der Waals surface area contributed by atoms with E-state index in [9.17, 15) is 9.18 Å². The van der Waals surface area contributed by atoms with Crippen molar-refractivity contribution in [2.75, 3.05) is 5.73 Å². The average Bonchev–Trinajstić information content (AvgIpc) is 2.78. The summed E-state index contributed by atoms with van der Waals surface area (Å²) in [6.07, 6.45) is 1.35. The van der Waals surface area contributed by atoms with E-state index < -0.39 is 5.56 Å². The summed E-state index contributed by atoms with van der Waals surface area (Å²) in [6, 6.07) is 18.4. The van der Waals surface area contributed by atoms with E-state index in [1.165, 1.54) is 16.9 Å². The number of benzene rings is 3. The highest BCUT2D eigenvalue weighted by Crippen LogP contribution is 2.28. The lowest BCUT2D eigenvalue weighted by atomic mass is 10.0. The van der Waals surface area contributed by atoms with E-state index in [1.54, 1.807) is 60.7 Å². The highest BCUT2D eigenvalue weighted by molar-refractivity contribution is 6.30. The molecule has 0 amide bonds. The van der Waals surface area contributed by atoms with Crippen LogP contribution in [0.25, 0.3) is 16.8 Å². The van der Waals surface area contributed by atoms with Crippen molar-refractivity contribution in [2.24, 2.45) is 5.73 Å². The van der Waals surface area contributed by atoms with Crippen LogP contribution in [0.5, 0.6) is 11.5 Å². The van der Waals surface area contributed by atoms with Gasteiger partial charge in [0.2, 0.25) is 5.75 Å². The average molecular weight is 437 g/mol. The number of ether oxygens (including phenoxy) is 1. The summed E-state index contributed by atoms with van der Waals surface area (Å²) in [4.78, 5) is 12.9. The predicted molar refractivity (Wildman–Crippen MR) is 119 cm³/mol. The Balaban J connectivity index is 1.63. The van der Waals surface area contributed by atoms with Gasteiger partial charge in [-0.1, -0.05) is 29.8 Å². The molecule has 0 bridgehead atoms. The first-order valence-corrected chi connectivity index (χ1v) is 9.74. The van der Waals surface area contributed by atoms with Crippen molar-refractivity contribution in [2.45, 2.75) is 6.54 Å². The maximum Gasteiger partial charge on any atom is 0.316 e. The van der Waals surface area contributed by atoms with Crippen molar-refractivity contribution in [3.8, 4) is 28.3 Å². The Morgan fingerprint density at radius 3 is 2.35 bits per heavy atom. The first-order valence-electron chi connectivity index (χ1n) is 9.37. The zero-order valence-corrected chi connectivity index (χ0v) is 17.0. The van der Waals surface area contributed by atoms with Crippen molar-refractivity contribution >= 4 is 17.3 Å². The van der Waals surface area contributed by atoms with Gasteiger partial charge in [-0.25, -0.2) is 4.39 Å². The molecule has 0 aliphatic heterocycles. The molecule has 0 aliphatic carbocycles. The minimum atomic E-state index is -0.502. The van der Waals surface area contributed by atoms with Gasteiger partial charge < -0.3 is 16.2 Å². The first kappa shape index (κ1) is 20.6. The minimum absolute atomic E-state index is 0.0371. The van der Waals surface area contributed by atoms with Gasteiger partial charge in [-0.05, 0) is 59.7 Å². The second-order valence-corrected chi connectivity index (χ2v) is 7.20. The normalized spacial score (nSPS) is 10.8. The third kappa shape index (κ3) is 4.28. The molecule has 0 fully saturated rings. The van der Waals surface area contributed by atoms with E-state index >= 15 is 0 Å². The number of rotatable bonds is 5. The van der Waals surface area contributed by atoms with Crippen molar-refractivity contribution in [3.05, 3.63) is 99.7 Å². The standard InChI is InChI=1S/C23H18ClFN4O2/c24-17-4-6-18(7-5-17)29-23(30)22(21(27)13-28-29)31-19-8-1-14(2-9-19)15-3-10-20(25)16(11-15)12-26/h1-11,13H,12,26-27H2. The summed E-state index contributed by atoms with van der Waals surface area (Å²) in [6.45, 7) is 0.113.